The number of aromatic nitrogens is 1. The summed E-state index contributed by atoms with van der Waals surface area (Å²) >= 11 is 2.67. The van der Waals surface area contributed by atoms with Crippen LogP contribution in [0.15, 0.2) is 33.8 Å². The zero-order valence-corrected chi connectivity index (χ0v) is 18.1. The first-order chi connectivity index (χ1) is 14.1. The molecule has 30 heavy (non-hydrogen) atoms. The third-order valence-corrected chi connectivity index (χ3v) is 7.09. The van der Waals surface area contributed by atoms with Crippen molar-refractivity contribution in [2.24, 2.45) is 11.8 Å². The highest BCUT2D eigenvalue weighted by atomic mass is 32.2. The average molecular weight is 464 g/mol. The number of aromatic carboxylic acids is 1. The molecule has 2 rings (SSSR count). The monoisotopic (exact) mass is 463 g/mol. The smallest absolute Gasteiger partial charge is 0.355 e. The molecule has 1 fully saturated rings. The van der Waals surface area contributed by atoms with E-state index in [1.54, 1.807) is 6.08 Å². The molecule has 0 radical (unpaired) electrons. The molecular formula is C20H24F3NO4S2. The van der Waals surface area contributed by atoms with Gasteiger partial charge in [-0.1, -0.05) is 23.9 Å². The van der Waals surface area contributed by atoms with E-state index in [-0.39, 0.29) is 36.2 Å². The number of allylic oxidation sites excluding steroid dienone is 2. The van der Waals surface area contributed by atoms with Crippen LogP contribution in [0, 0.1) is 11.8 Å². The summed E-state index contributed by atoms with van der Waals surface area (Å²) in [6.07, 6.45) is 2.59. The van der Waals surface area contributed by atoms with E-state index in [0.717, 1.165) is 0 Å². The van der Waals surface area contributed by atoms with E-state index < -0.39 is 29.9 Å². The number of carbonyl (C=O) groups is 2. The molecule has 2 N–H and O–H groups in total. The first kappa shape index (κ1) is 24.6. The van der Waals surface area contributed by atoms with Crippen molar-refractivity contribution in [1.29, 1.82) is 0 Å². The number of hydrogen-bond donors (Lipinski definition) is 2. The van der Waals surface area contributed by atoms with Crippen molar-refractivity contribution >= 4 is 34.9 Å². The third kappa shape index (κ3) is 7.55. The molecular weight excluding hydrogens is 439 g/mol. The van der Waals surface area contributed by atoms with E-state index in [2.05, 4.69) is 4.98 Å². The highest BCUT2D eigenvalue weighted by Crippen LogP contribution is 2.35. The van der Waals surface area contributed by atoms with Crippen LogP contribution in [-0.4, -0.2) is 38.3 Å². The molecule has 1 heterocycles. The Morgan fingerprint density at radius 2 is 2.17 bits per heavy atom. The number of rotatable bonds is 11. The van der Waals surface area contributed by atoms with Crippen LogP contribution in [0.5, 0.6) is 0 Å². The van der Waals surface area contributed by atoms with Gasteiger partial charge in [-0.2, -0.15) is 8.78 Å². The first-order valence-electron chi connectivity index (χ1n) is 9.52. The van der Waals surface area contributed by atoms with Gasteiger partial charge in [0, 0.05) is 29.9 Å². The van der Waals surface area contributed by atoms with Crippen molar-refractivity contribution in [3.8, 4) is 0 Å². The molecule has 1 aromatic heterocycles. The molecule has 3 atom stereocenters. The number of nitrogens with zero attached hydrogens (tertiary/aromatic N) is 1. The van der Waals surface area contributed by atoms with Crippen LogP contribution in [0.3, 0.4) is 0 Å². The summed E-state index contributed by atoms with van der Waals surface area (Å²) in [5, 5.41) is 20.6. The molecule has 5 nitrogen and oxygen atoms in total. The zero-order chi connectivity index (χ0) is 22.3. The van der Waals surface area contributed by atoms with Gasteiger partial charge in [0.15, 0.2) is 15.9 Å². The summed E-state index contributed by atoms with van der Waals surface area (Å²) in [4.78, 5) is 27.1. The molecule has 0 aromatic carbocycles. The molecule has 1 aliphatic carbocycles. The lowest BCUT2D eigenvalue weighted by molar-refractivity contribution is -0.121. The Hall–Kier alpha value is -1.65. The van der Waals surface area contributed by atoms with Crippen LogP contribution in [0.1, 0.15) is 55.9 Å². The molecule has 0 spiro atoms. The van der Waals surface area contributed by atoms with Gasteiger partial charge < -0.3 is 10.2 Å². The third-order valence-electron chi connectivity index (χ3n) is 5.04. The summed E-state index contributed by atoms with van der Waals surface area (Å²) in [6.45, 7) is 1.47. The van der Waals surface area contributed by atoms with Gasteiger partial charge in [0.05, 0.1) is 5.60 Å². The molecule has 166 valence electrons. The molecule has 1 aliphatic rings. The molecule has 0 aliphatic heterocycles. The summed E-state index contributed by atoms with van der Waals surface area (Å²) in [7, 11) is 0. The van der Waals surface area contributed by atoms with Crippen LogP contribution in [-0.2, 0) is 4.79 Å². The van der Waals surface area contributed by atoms with Crippen molar-refractivity contribution in [3.05, 3.63) is 35.1 Å². The Labute approximate surface area is 181 Å². The summed E-state index contributed by atoms with van der Waals surface area (Å²) in [5.74, 6) is -1.90. The van der Waals surface area contributed by atoms with Crippen molar-refractivity contribution in [3.63, 3.8) is 0 Å². The van der Waals surface area contributed by atoms with Gasteiger partial charge in [-0.05, 0) is 38.5 Å². The van der Waals surface area contributed by atoms with Crippen molar-refractivity contribution in [2.45, 2.75) is 55.4 Å². The first-order valence-corrected chi connectivity index (χ1v) is 11.4. The normalized spacial score (nSPS) is 21.2. The van der Waals surface area contributed by atoms with Crippen LogP contribution in [0.4, 0.5) is 13.2 Å². The van der Waals surface area contributed by atoms with Crippen molar-refractivity contribution < 1.29 is 33.0 Å². The van der Waals surface area contributed by atoms with Gasteiger partial charge in [-0.3, -0.25) is 4.79 Å². The van der Waals surface area contributed by atoms with Gasteiger partial charge in [0.1, 0.15) is 5.78 Å². The predicted octanol–water partition coefficient (Wildman–Crippen LogP) is 5.47. The number of thioether (sulfide) groups is 1. The van der Waals surface area contributed by atoms with Crippen LogP contribution < -0.4 is 0 Å². The molecule has 10 heteroatoms. The van der Waals surface area contributed by atoms with E-state index in [4.69, 9.17) is 5.11 Å². The van der Waals surface area contributed by atoms with E-state index in [1.165, 1.54) is 35.4 Å². The highest BCUT2D eigenvalue weighted by Gasteiger charge is 2.32. The van der Waals surface area contributed by atoms with Crippen LogP contribution >= 0.6 is 23.1 Å². The Bertz CT molecular complexity index is 819. The second-order valence-corrected chi connectivity index (χ2v) is 9.71. The standard InChI is InChI=1S/C20H24F3NO4S2/c1-20(28,9-6-14(21)17(22)23)8-2-3-12-4-5-16(25)13(12)7-10-29-19-24-15(11-30-19)18(26)27/h2-3,11-13,28H,4-10H2,1H3,(H,26,27)/t12-,13?,20+/m0/s1. The summed E-state index contributed by atoms with van der Waals surface area (Å²) in [6, 6.07) is 0. The van der Waals surface area contributed by atoms with E-state index >= 15 is 0 Å². The average Bonchev–Trinajstić information content (AvgIpc) is 3.28. The Balaban J connectivity index is 1.83. The fourth-order valence-corrected chi connectivity index (χ4v) is 5.20. The highest BCUT2D eigenvalue weighted by molar-refractivity contribution is 8.01. The van der Waals surface area contributed by atoms with Crippen LogP contribution in [0.25, 0.3) is 0 Å². The molecule has 1 saturated carbocycles. The number of aliphatic hydroxyl groups is 1. The number of ketones is 1. The largest absolute Gasteiger partial charge is 0.476 e. The summed E-state index contributed by atoms with van der Waals surface area (Å²) < 4.78 is 37.8. The number of thiazole rings is 1. The Morgan fingerprint density at radius 1 is 1.43 bits per heavy atom. The lowest BCUT2D eigenvalue weighted by Gasteiger charge is -2.21. The Kier molecular flexibility index (Phi) is 9.11. The van der Waals surface area contributed by atoms with Gasteiger partial charge in [-0.25, -0.2) is 14.2 Å². The lowest BCUT2D eigenvalue weighted by Crippen LogP contribution is -2.23. The number of carboxylic acid groups (broad SMARTS) is 1. The van der Waals surface area contributed by atoms with E-state index in [9.17, 15) is 27.9 Å². The second-order valence-electron chi connectivity index (χ2n) is 7.51. The fourth-order valence-electron chi connectivity index (χ4n) is 3.31. The van der Waals surface area contributed by atoms with Gasteiger partial charge >= 0.3 is 12.0 Å². The van der Waals surface area contributed by atoms with Gasteiger partial charge in [0.25, 0.3) is 0 Å². The minimum Gasteiger partial charge on any atom is -0.476 e. The minimum atomic E-state index is -2.36. The Morgan fingerprint density at radius 3 is 2.80 bits per heavy atom. The number of hydrogen-bond acceptors (Lipinski definition) is 6. The minimum absolute atomic E-state index is 0.0110. The predicted molar refractivity (Wildman–Crippen MR) is 110 cm³/mol. The maximum Gasteiger partial charge on any atom is 0.355 e. The zero-order valence-electron chi connectivity index (χ0n) is 16.4. The molecule has 1 unspecified atom stereocenters. The number of carbonyl (C=O) groups excluding carboxylic acids is 1. The van der Waals surface area contributed by atoms with E-state index in [1.807, 2.05) is 6.08 Å². The molecule has 0 amide bonds. The number of carboxylic acids is 1. The quantitative estimate of drug-likeness (QED) is 0.334. The molecule has 0 bridgehead atoms. The van der Waals surface area contributed by atoms with Crippen molar-refractivity contribution in [1.82, 2.24) is 4.98 Å². The number of halogens is 3. The molecule has 1 aromatic rings. The van der Waals surface area contributed by atoms with Gasteiger partial charge in [0.2, 0.25) is 0 Å². The summed E-state index contributed by atoms with van der Waals surface area (Å²) in [5.41, 5.74) is -1.30. The molecule has 0 saturated heterocycles. The fraction of sp³-hybridized carbons (Fsp3) is 0.550. The maximum atomic E-state index is 12.9. The SMILES string of the molecule is C[C@@](O)(CC=C[C@H]1CCC(=O)C1CCSc1nc(C(=O)O)cs1)CCC(F)=C(F)F. The van der Waals surface area contributed by atoms with E-state index in [0.29, 0.717) is 29.4 Å². The maximum absolute atomic E-state index is 12.9. The van der Waals surface area contributed by atoms with Gasteiger partial charge in [-0.15, -0.1) is 11.3 Å². The number of Topliss-reactive ketones (excluding diaryl/α,β-unsaturated/α-hetero) is 1. The lowest BCUT2D eigenvalue weighted by atomic mass is 9.90. The second kappa shape index (κ2) is 11.1. The topological polar surface area (TPSA) is 87.5 Å². The van der Waals surface area contributed by atoms with Crippen molar-refractivity contribution in [2.75, 3.05) is 5.75 Å². The van der Waals surface area contributed by atoms with Crippen LogP contribution in [0.2, 0.25) is 0 Å².